The quantitative estimate of drug-likeness (QED) is 0.891. The van der Waals surface area contributed by atoms with Gasteiger partial charge in [0.05, 0.1) is 6.54 Å². The normalized spacial score (nSPS) is 11.2. The fourth-order valence-electron chi connectivity index (χ4n) is 1.57. The largest absolute Gasteiger partial charge is 0.477 e. The second-order valence-corrected chi connectivity index (χ2v) is 6.73. The Balaban J connectivity index is 2.02. The predicted octanol–water partition coefficient (Wildman–Crippen LogP) is 1.86. The molecular formula is C14H16N4O3S. The number of aromatic nitrogens is 3. The van der Waals surface area contributed by atoms with Crippen molar-refractivity contribution in [2.75, 3.05) is 0 Å². The zero-order valence-electron chi connectivity index (χ0n) is 12.5. The van der Waals surface area contributed by atoms with Gasteiger partial charge in [0, 0.05) is 17.2 Å². The second kappa shape index (κ2) is 6.18. The van der Waals surface area contributed by atoms with E-state index in [0.29, 0.717) is 5.01 Å². The van der Waals surface area contributed by atoms with Gasteiger partial charge in [0.15, 0.2) is 0 Å². The maximum atomic E-state index is 12.0. The molecule has 2 heterocycles. The van der Waals surface area contributed by atoms with Gasteiger partial charge in [-0.15, -0.1) is 10.2 Å². The average Bonchev–Trinajstić information content (AvgIpc) is 2.94. The van der Waals surface area contributed by atoms with Gasteiger partial charge in [-0.05, 0) is 12.1 Å². The molecule has 7 nitrogen and oxygen atoms in total. The van der Waals surface area contributed by atoms with E-state index in [2.05, 4.69) is 20.5 Å². The molecule has 0 aliphatic heterocycles. The van der Waals surface area contributed by atoms with Crippen molar-refractivity contribution >= 4 is 23.2 Å². The second-order valence-electron chi connectivity index (χ2n) is 5.67. The van der Waals surface area contributed by atoms with Crippen molar-refractivity contribution < 1.29 is 14.7 Å². The fourth-order valence-corrected chi connectivity index (χ4v) is 2.41. The third-order valence-corrected chi connectivity index (χ3v) is 4.10. The van der Waals surface area contributed by atoms with Crippen LogP contribution in [0.25, 0.3) is 0 Å². The van der Waals surface area contributed by atoms with Gasteiger partial charge in [-0.2, -0.15) is 0 Å². The molecule has 116 valence electrons. The molecule has 0 radical (unpaired) electrons. The van der Waals surface area contributed by atoms with Gasteiger partial charge in [0.2, 0.25) is 0 Å². The molecule has 2 rings (SSSR count). The lowest BCUT2D eigenvalue weighted by Crippen LogP contribution is -2.23. The lowest BCUT2D eigenvalue weighted by Gasteiger charge is -2.12. The number of carboxylic acid groups (broad SMARTS) is 1. The molecular weight excluding hydrogens is 304 g/mol. The van der Waals surface area contributed by atoms with E-state index in [4.69, 9.17) is 5.11 Å². The minimum absolute atomic E-state index is 0.0819. The minimum atomic E-state index is -1.17. The molecule has 0 bridgehead atoms. The summed E-state index contributed by atoms with van der Waals surface area (Å²) >= 11 is 1.44. The standard InChI is InChI=1S/C14H16N4O3S/c1-14(2,3)13-18-17-10(22-13)7-16-11(19)8-4-5-15-9(6-8)12(20)21/h4-6H,7H2,1-3H3,(H,16,19)(H,20,21). The van der Waals surface area contributed by atoms with Crippen LogP contribution in [-0.4, -0.2) is 32.2 Å². The van der Waals surface area contributed by atoms with Crippen LogP contribution in [0.15, 0.2) is 18.3 Å². The summed E-state index contributed by atoms with van der Waals surface area (Å²) in [5.41, 5.74) is -0.00643. The third-order valence-electron chi connectivity index (χ3n) is 2.75. The van der Waals surface area contributed by atoms with Gasteiger partial charge in [-0.25, -0.2) is 9.78 Å². The Bertz CT molecular complexity index is 706. The maximum Gasteiger partial charge on any atom is 0.354 e. The third kappa shape index (κ3) is 3.85. The van der Waals surface area contributed by atoms with Crippen molar-refractivity contribution in [3.05, 3.63) is 39.6 Å². The minimum Gasteiger partial charge on any atom is -0.477 e. The molecule has 2 N–H and O–H groups in total. The molecule has 0 aliphatic rings. The van der Waals surface area contributed by atoms with Gasteiger partial charge in [-0.1, -0.05) is 32.1 Å². The van der Waals surface area contributed by atoms with Crippen LogP contribution in [0.2, 0.25) is 0 Å². The number of aromatic carboxylic acids is 1. The number of amides is 1. The van der Waals surface area contributed by atoms with Crippen LogP contribution >= 0.6 is 11.3 Å². The smallest absolute Gasteiger partial charge is 0.354 e. The molecule has 0 saturated carbocycles. The van der Waals surface area contributed by atoms with Crippen LogP contribution in [0.3, 0.4) is 0 Å². The highest BCUT2D eigenvalue weighted by molar-refractivity contribution is 7.11. The van der Waals surface area contributed by atoms with Crippen molar-refractivity contribution in [3.63, 3.8) is 0 Å². The van der Waals surface area contributed by atoms with Crippen LogP contribution in [-0.2, 0) is 12.0 Å². The number of pyridine rings is 1. The molecule has 2 aromatic heterocycles. The van der Waals surface area contributed by atoms with E-state index in [1.807, 2.05) is 20.8 Å². The number of rotatable bonds is 4. The lowest BCUT2D eigenvalue weighted by molar-refractivity contribution is 0.0690. The van der Waals surface area contributed by atoms with E-state index in [0.717, 1.165) is 5.01 Å². The highest BCUT2D eigenvalue weighted by Gasteiger charge is 2.19. The summed E-state index contributed by atoms with van der Waals surface area (Å²) in [6.07, 6.45) is 1.29. The van der Waals surface area contributed by atoms with E-state index >= 15 is 0 Å². The first-order valence-electron chi connectivity index (χ1n) is 6.58. The molecule has 0 spiro atoms. The number of carbonyl (C=O) groups excluding carboxylic acids is 1. The number of carbonyl (C=O) groups is 2. The molecule has 0 unspecified atom stereocenters. The summed E-state index contributed by atoms with van der Waals surface area (Å²) in [6.45, 7) is 6.37. The molecule has 22 heavy (non-hydrogen) atoms. The van der Waals surface area contributed by atoms with Crippen LogP contribution < -0.4 is 5.32 Å². The number of nitrogens with one attached hydrogen (secondary N) is 1. The molecule has 0 atom stereocenters. The van der Waals surface area contributed by atoms with Gasteiger partial charge in [0.1, 0.15) is 15.7 Å². The summed E-state index contributed by atoms with van der Waals surface area (Å²) in [5.74, 6) is -1.55. The van der Waals surface area contributed by atoms with E-state index in [1.54, 1.807) is 0 Å². The van der Waals surface area contributed by atoms with E-state index < -0.39 is 5.97 Å². The Kier molecular flexibility index (Phi) is 4.51. The van der Waals surface area contributed by atoms with Gasteiger partial charge in [-0.3, -0.25) is 4.79 Å². The van der Waals surface area contributed by atoms with E-state index in [9.17, 15) is 9.59 Å². The summed E-state index contributed by atoms with van der Waals surface area (Å²) in [7, 11) is 0. The van der Waals surface area contributed by atoms with E-state index in [-0.39, 0.29) is 29.1 Å². The molecule has 0 fully saturated rings. The van der Waals surface area contributed by atoms with Crippen molar-refractivity contribution in [1.29, 1.82) is 0 Å². The Morgan fingerprint density at radius 3 is 2.64 bits per heavy atom. The Labute approximate surface area is 131 Å². The summed E-state index contributed by atoms with van der Waals surface area (Å²) in [6, 6.07) is 2.70. The summed E-state index contributed by atoms with van der Waals surface area (Å²) in [5, 5.41) is 21.3. The number of carboxylic acids is 1. The van der Waals surface area contributed by atoms with E-state index in [1.165, 1.54) is 29.7 Å². The summed E-state index contributed by atoms with van der Waals surface area (Å²) < 4.78 is 0. The van der Waals surface area contributed by atoms with Crippen molar-refractivity contribution in [2.45, 2.75) is 32.7 Å². The SMILES string of the molecule is CC(C)(C)c1nnc(CNC(=O)c2ccnc(C(=O)O)c2)s1. The Hall–Kier alpha value is -2.35. The van der Waals surface area contributed by atoms with Crippen LogP contribution in [0.4, 0.5) is 0 Å². The zero-order valence-corrected chi connectivity index (χ0v) is 13.3. The topological polar surface area (TPSA) is 105 Å². The van der Waals surface area contributed by atoms with Crippen molar-refractivity contribution in [1.82, 2.24) is 20.5 Å². The lowest BCUT2D eigenvalue weighted by atomic mass is 9.98. The van der Waals surface area contributed by atoms with Crippen LogP contribution in [0, 0.1) is 0 Å². The number of nitrogens with zero attached hydrogens (tertiary/aromatic N) is 3. The monoisotopic (exact) mass is 320 g/mol. The molecule has 0 saturated heterocycles. The molecule has 2 aromatic rings. The highest BCUT2D eigenvalue weighted by atomic mass is 32.1. The predicted molar refractivity (Wildman–Crippen MR) is 81.0 cm³/mol. The Morgan fingerprint density at radius 2 is 2.05 bits per heavy atom. The van der Waals surface area contributed by atoms with Crippen LogP contribution in [0.5, 0.6) is 0 Å². The molecule has 0 aromatic carbocycles. The molecule has 8 heteroatoms. The first kappa shape index (κ1) is 16.0. The first-order chi connectivity index (χ1) is 10.3. The fraction of sp³-hybridized carbons (Fsp3) is 0.357. The van der Waals surface area contributed by atoms with Gasteiger partial charge in [0.25, 0.3) is 5.91 Å². The van der Waals surface area contributed by atoms with Gasteiger partial charge >= 0.3 is 5.97 Å². The maximum absolute atomic E-state index is 12.0. The Morgan fingerprint density at radius 1 is 1.32 bits per heavy atom. The molecule has 1 amide bonds. The van der Waals surface area contributed by atoms with Gasteiger partial charge < -0.3 is 10.4 Å². The summed E-state index contributed by atoms with van der Waals surface area (Å²) in [4.78, 5) is 26.5. The number of hydrogen-bond donors (Lipinski definition) is 2. The molecule has 0 aliphatic carbocycles. The van der Waals surface area contributed by atoms with Crippen LogP contribution in [0.1, 0.15) is 51.6 Å². The van der Waals surface area contributed by atoms with Crippen molar-refractivity contribution in [2.24, 2.45) is 0 Å². The first-order valence-corrected chi connectivity index (χ1v) is 7.39. The average molecular weight is 320 g/mol. The van der Waals surface area contributed by atoms with Crippen molar-refractivity contribution in [3.8, 4) is 0 Å². The highest BCUT2D eigenvalue weighted by Crippen LogP contribution is 2.25. The zero-order chi connectivity index (χ0) is 16.3. The number of hydrogen-bond acceptors (Lipinski definition) is 6.